The van der Waals surface area contributed by atoms with E-state index in [1.807, 2.05) is 0 Å². The fourth-order valence-corrected chi connectivity index (χ4v) is 15.9. The first kappa shape index (κ1) is 14.5. The molecule has 0 nitrogen and oxygen atoms in total. The van der Waals surface area contributed by atoms with Gasteiger partial charge < -0.3 is 0 Å². The molecule has 0 saturated heterocycles. The van der Waals surface area contributed by atoms with E-state index in [0.29, 0.717) is 0 Å². The van der Waals surface area contributed by atoms with E-state index >= 15 is 0 Å². The van der Waals surface area contributed by atoms with Gasteiger partial charge in [0.05, 0.1) is 0 Å². The van der Waals surface area contributed by atoms with Crippen molar-refractivity contribution in [2.24, 2.45) is 0 Å². The Balaban J connectivity index is 1.98. The van der Waals surface area contributed by atoms with E-state index in [1.165, 1.54) is 16.3 Å². The van der Waals surface area contributed by atoms with Crippen LogP contribution in [0.2, 0.25) is 0 Å². The van der Waals surface area contributed by atoms with E-state index in [1.54, 1.807) is 0 Å². The maximum atomic E-state index is 2.53. The molecule has 3 aromatic carbocycles. The summed E-state index contributed by atoms with van der Waals surface area (Å²) in [5, 5.41) is 0. The molecule has 0 radical (unpaired) electrons. The Morgan fingerprint density at radius 2 is 1.00 bits per heavy atom. The second-order valence-corrected chi connectivity index (χ2v) is 16.2. The third kappa shape index (κ3) is 2.47. The molecule has 0 atom stereocenters. The van der Waals surface area contributed by atoms with E-state index < -0.39 is 18.4 Å². The Bertz CT molecular complexity index is 807. The number of hydrogen-bond acceptors (Lipinski definition) is 0. The van der Waals surface area contributed by atoms with Crippen molar-refractivity contribution in [3.05, 3.63) is 113 Å². The third-order valence-corrected chi connectivity index (χ3v) is 17.4. The van der Waals surface area contributed by atoms with E-state index in [4.69, 9.17) is 0 Å². The molecule has 0 bridgehead atoms. The Labute approximate surface area is 141 Å². The van der Waals surface area contributed by atoms with E-state index in [2.05, 4.69) is 107 Å². The van der Waals surface area contributed by atoms with Crippen LogP contribution in [0, 0.1) is 0 Å². The molecular weight excluding hydrogens is 383 g/mol. The van der Waals surface area contributed by atoms with Crippen molar-refractivity contribution < 1.29 is 0 Å². The SMILES string of the molecule is C1=[CH][Sn]([c]2ccccc2)([c]2ccccc2)[C](c2ccccc2)=C1. The average molecular weight is 401 g/mol. The summed E-state index contributed by atoms with van der Waals surface area (Å²) in [5.74, 6) is 0. The number of allylic oxidation sites excluding steroid dienone is 2. The molecule has 0 unspecified atom stereocenters. The zero-order chi connectivity index (χ0) is 15.5. The molecule has 1 heteroatoms. The summed E-state index contributed by atoms with van der Waals surface area (Å²) in [6.45, 7) is 0. The molecule has 1 heterocycles. The summed E-state index contributed by atoms with van der Waals surface area (Å²) >= 11 is -3.02. The van der Waals surface area contributed by atoms with Crippen LogP contribution >= 0.6 is 0 Å². The van der Waals surface area contributed by atoms with Gasteiger partial charge in [-0.1, -0.05) is 0 Å². The molecule has 0 spiro atoms. The molecule has 0 saturated carbocycles. The van der Waals surface area contributed by atoms with Gasteiger partial charge in [0.25, 0.3) is 0 Å². The van der Waals surface area contributed by atoms with Crippen molar-refractivity contribution in [2.75, 3.05) is 0 Å². The van der Waals surface area contributed by atoms with Crippen molar-refractivity contribution in [1.29, 1.82) is 0 Å². The Morgan fingerprint density at radius 1 is 0.522 bits per heavy atom. The number of benzene rings is 3. The van der Waals surface area contributed by atoms with Crippen LogP contribution in [-0.2, 0) is 0 Å². The van der Waals surface area contributed by atoms with Crippen molar-refractivity contribution >= 4 is 29.1 Å². The van der Waals surface area contributed by atoms with Crippen LogP contribution in [0.1, 0.15) is 5.56 Å². The minimum absolute atomic E-state index is 1.36. The minimum atomic E-state index is -3.02. The predicted molar refractivity (Wildman–Crippen MR) is 101 cm³/mol. The first-order valence-corrected chi connectivity index (χ1v) is 13.9. The molecule has 4 rings (SSSR count). The topological polar surface area (TPSA) is 0 Å². The van der Waals surface area contributed by atoms with Gasteiger partial charge in [0, 0.05) is 0 Å². The van der Waals surface area contributed by atoms with E-state index in [-0.39, 0.29) is 0 Å². The van der Waals surface area contributed by atoms with Gasteiger partial charge in [-0.2, -0.15) is 0 Å². The molecule has 1 aliphatic rings. The van der Waals surface area contributed by atoms with Crippen LogP contribution < -0.4 is 7.16 Å². The molecule has 0 aromatic heterocycles. The van der Waals surface area contributed by atoms with Crippen LogP contribution in [-0.4, -0.2) is 18.4 Å². The molecule has 1 aliphatic heterocycles. The van der Waals surface area contributed by atoms with E-state index in [0.717, 1.165) is 0 Å². The summed E-state index contributed by atoms with van der Waals surface area (Å²) in [7, 11) is 0. The maximum absolute atomic E-state index is 3.02. The summed E-state index contributed by atoms with van der Waals surface area (Å²) in [4.78, 5) is 0. The van der Waals surface area contributed by atoms with Gasteiger partial charge in [0.2, 0.25) is 0 Å². The first-order chi connectivity index (χ1) is 11.4. The van der Waals surface area contributed by atoms with Crippen molar-refractivity contribution in [3.63, 3.8) is 0 Å². The van der Waals surface area contributed by atoms with Gasteiger partial charge >= 0.3 is 142 Å². The average Bonchev–Trinajstić information content (AvgIpc) is 3.10. The van der Waals surface area contributed by atoms with Gasteiger partial charge in [-0.3, -0.25) is 0 Å². The zero-order valence-electron chi connectivity index (χ0n) is 12.9. The zero-order valence-corrected chi connectivity index (χ0v) is 15.7. The van der Waals surface area contributed by atoms with Crippen molar-refractivity contribution in [2.45, 2.75) is 0 Å². The standard InChI is InChI=1S/C10H8.2C6H5.Sn/c1-2-3-7-10-8-5-4-6-9-10;2*1-2-4-6-5-3-1;/h1-6,8-9H;2*1-5H;. The molecule has 0 aliphatic carbocycles. The van der Waals surface area contributed by atoms with Gasteiger partial charge in [-0.25, -0.2) is 0 Å². The Morgan fingerprint density at radius 3 is 1.52 bits per heavy atom. The molecular formula is C22H18Sn. The Kier molecular flexibility index (Phi) is 3.92. The number of hydrogen-bond donors (Lipinski definition) is 0. The fraction of sp³-hybridized carbons (Fsp3) is 0. The summed E-state index contributed by atoms with van der Waals surface area (Å²) in [6.07, 6.45) is 4.61. The third-order valence-electron chi connectivity index (χ3n) is 4.58. The molecule has 3 aromatic rings. The van der Waals surface area contributed by atoms with Crippen molar-refractivity contribution in [1.82, 2.24) is 0 Å². The van der Waals surface area contributed by atoms with Gasteiger partial charge in [-0.15, -0.1) is 0 Å². The Hall–Kier alpha value is -2.06. The molecule has 23 heavy (non-hydrogen) atoms. The van der Waals surface area contributed by atoms with Gasteiger partial charge in [-0.05, 0) is 0 Å². The van der Waals surface area contributed by atoms with Crippen LogP contribution in [0.4, 0.5) is 0 Å². The molecule has 0 amide bonds. The summed E-state index contributed by atoms with van der Waals surface area (Å²) < 4.78 is 7.09. The second kappa shape index (κ2) is 6.21. The summed E-state index contributed by atoms with van der Waals surface area (Å²) in [5.41, 5.74) is 1.36. The second-order valence-electron chi connectivity index (χ2n) is 5.85. The molecule has 0 N–H and O–H groups in total. The fourth-order valence-electron chi connectivity index (χ4n) is 3.52. The molecule has 110 valence electrons. The monoisotopic (exact) mass is 402 g/mol. The molecule has 0 fully saturated rings. The normalized spacial score (nSPS) is 15.4. The van der Waals surface area contributed by atoms with Crippen LogP contribution in [0.15, 0.2) is 107 Å². The number of rotatable bonds is 3. The van der Waals surface area contributed by atoms with Gasteiger partial charge in [0.15, 0.2) is 0 Å². The first-order valence-electron chi connectivity index (χ1n) is 7.98. The van der Waals surface area contributed by atoms with Gasteiger partial charge in [0.1, 0.15) is 0 Å². The van der Waals surface area contributed by atoms with Crippen LogP contribution in [0.3, 0.4) is 0 Å². The van der Waals surface area contributed by atoms with Crippen LogP contribution in [0.5, 0.6) is 0 Å². The van der Waals surface area contributed by atoms with Crippen LogP contribution in [0.25, 0.3) is 3.59 Å². The predicted octanol–water partition coefficient (Wildman–Crippen LogP) is 3.98. The van der Waals surface area contributed by atoms with Crippen molar-refractivity contribution in [3.8, 4) is 0 Å². The van der Waals surface area contributed by atoms with E-state index in [9.17, 15) is 0 Å². The quantitative estimate of drug-likeness (QED) is 0.583. The summed E-state index contributed by atoms with van der Waals surface area (Å²) in [6, 6.07) is 33.0.